The smallest absolute Gasteiger partial charge is 0.462 e. The van der Waals surface area contributed by atoms with Gasteiger partial charge < -0.3 is 33.8 Å². The van der Waals surface area contributed by atoms with Gasteiger partial charge in [-0.25, -0.2) is 9.13 Å². The lowest BCUT2D eigenvalue weighted by Gasteiger charge is -2.21. The van der Waals surface area contributed by atoms with Crippen molar-refractivity contribution in [3.63, 3.8) is 0 Å². The van der Waals surface area contributed by atoms with Crippen LogP contribution in [0.2, 0.25) is 0 Å². The van der Waals surface area contributed by atoms with Gasteiger partial charge in [0.05, 0.1) is 26.4 Å². The van der Waals surface area contributed by atoms with Crippen molar-refractivity contribution in [3.8, 4) is 0 Å². The van der Waals surface area contributed by atoms with E-state index in [1.165, 1.54) is 135 Å². The van der Waals surface area contributed by atoms with Gasteiger partial charge in [0.1, 0.15) is 19.3 Å². The lowest BCUT2D eigenvalue weighted by molar-refractivity contribution is -0.161. The number of unbranched alkanes of at least 4 members (excludes halogenated alkanes) is 42. The van der Waals surface area contributed by atoms with Crippen LogP contribution in [-0.4, -0.2) is 96.7 Å². The van der Waals surface area contributed by atoms with Gasteiger partial charge in [0.25, 0.3) is 0 Å². The molecule has 0 radical (unpaired) electrons. The minimum atomic E-state index is -4.97. The van der Waals surface area contributed by atoms with Gasteiger partial charge in [0.2, 0.25) is 0 Å². The van der Waals surface area contributed by atoms with E-state index < -0.39 is 97.5 Å². The third-order valence-corrected chi connectivity index (χ3v) is 19.2. The Morgan fingerprint density at radius 2 is 0.500 bits per heavy atom. The molecule has 0 aliphatic rings. The summed E-state index contributed by atoms with van der Waals surface area (Å²) in [6.07, 6.45) is 69.4. The average Bonchev–Trinajstić information content (AvgIpc) is 1.04. The molecule has 0 fully saturated rings. The van der Waals surface area contributed by atoms with Gasteiger partial charge in [-0.1, -0.05) is 288 Å². The fraction of sp³-hybridized carbons (Fsp3) is 0.848. The average molecular weight is 1430 g/mol. The van der Waals surface area contributed by atoms with Crippen LogP contribution in [-0.2, 0) is 65.4 Å². The van der Waals surface area contributed by atoms with Crippen molar-refractivity contribution in [2.45, 2.75) is 393 Å². The second-order valence-corrected chi connectivity index (χ2v) is 29.9. The van der Waals surface area contributed by atoms with Crippen LogP contribution in [0.4, 0.5) is 0 Å². The molecule has 574 valence electrons. The van der Waals surface area contributed by atoms with Crippen LogP contribution in [0.25, 0.3) is 0 Å². The topological polar surface area (TPSA) is 237 Å². The van der Waals surface area contributed by atoms with Crippen molar-refractivity contribution in [1.29, 1.82) is 0 Å². The normalized spacial score (nSPS) is 14.2. The Bertz CT molecular complexity index is 2050. The highest BCUT2D eigenvalue weighted by Gasteiger charge is 2.30. The molecule has 0 rings (SSSR count). The number of rotatable bonds is 76. The summed E-state index contributed by atoms with van der Waals surface area (Å²) in [5.74, 6) is -2.17. The lowest BCUT2D eigenvalue weighted by Crippen LogP contribution is -2.30. The monoisotopic (exact) mass is 1430 g/mol. The zero-order valence-electron chi connectivity index (χ0n) is 62.7. The number of carbonyl (C=O) groups is 4. The van der Waals surface area contributed by atoms with Gasteiger partial charge >= 0.3 is 39.5 Å². The molecule has 0 aliphatic carbocycles. The Labute approximate surface area is 597 Å². The molecule has 17 nitrogen and oxygen atoms in total. The molecule has 0 aromatic rings. The van der Waals surface area contributed by atoms with Crippen LogP contribution in [0.3, 0.4) is 0 Å². The fourth-order valence-corrected chi connectivity index (χ4v) is 12.7. The van der Waals surface area contributed by atoms with Crippen LogP contribution >= 0.6 is 15.6 Å². The number of allylic oxidation sites excluding steroid dienone is 8. The summed E-state index contributed by atoms with van der Waals surface area (Å²) in [5.41, 5.74) is 0. The van der Waals surface area contributed by atoms with Crippen molar-refractivity contribution in [3.05, 3.63) is 48.6 Å². The first-order valence-corrected chi connectivity index (χ1v) is 42.9. The van der Waals surface area contributed by atoms with Gasteiger partial charge in [-0.05, 0) is 109 Å². The van der Waals surface area contributed by atoms with E-state index in [-0.39, 0.29) is 25.7 Å². The molecule has 0 spiro atoms. The van der Waals surface area contributed by atoms with E-state index in [0.29, 0.717) is 25.7 Å². The Kier molecular flexibility index (Phi) is 70.2. The molecule has 0 aromatic carbocycles. The van der Waals surface area contributed by atoms with E-state index in [2.05, 4.69) is 76.3 Å². The minimum absolute atomic E-state index is 0.0917. The third kappa shape index (κ3) is 71.4. The summed E-state index contributed by atoms with van der Waals surface area (Å²) in [6.45, 7) is 4.88. The highest BCUT2D eigenvalue weighted by atomic mass is 31.2. The maximum Gasteiger partial charge on any atom is 0.472 e. The first-order valence-electron chi connectivity index (χ1n) is 39.9. The Morgan fingerprint density at radius 1 is 0.286 bits per heavy atom. The molecular weight excluding hydrogens is 1280 g/mol. The van der Waals surface area contributed by atoms with Crippen LogP contribution in [0, 0.1) is 0 Å². The first-order chi connectivity index (χ1) is 47.7. The van der Waals surface area contributed by atoms with E-state index in [1.54, 1.807) is 0 Å². The zero-order chi connectivity index (χ0) is 71.8. The quantitative estimate of drug-likeness (QED) is 0.0169. The summed E-state index contributed by atoms with van der Waals surface area (Å²) in [6, 6.07) is 0. The summed E-state index contributed by atoms with van der Waals surface area (Å²) >= 11 is 0. The van der Waals surface area contributed by atoms with Gasteiger partial charge in [-0.15, -0.1) is 0 Å². The van der Waals surface area contributed by atoms with Gasteiger partial charge in [-0.2, -0.15) is 0 Å². The van der Waals surface area contributed by atoms with Gasteiger partial charge in [-0.3, -0.25) is 37.3 Å². The van der Waals surface area contributed by atoms with Crippen LogP contribution in [0.1, 0.15) is 374 Å². The third-order valence-electron chi connectivity index (χ3n) is 17.3. The Hall–Kier alpha value is -2.98. The fourth-order valence-electron chi connectivity index (χ4n) is 11.1. The standard InChI is InChI=1S/C79H146O17P2/c1-5-9-13-17-21-25-29-33-36-40-43-47-51-55-59-63-76(81)89-69-74(95-78(83)65-61-57-53-49-45-39-32-28-24-20-16-12-8-4)71-93-97(85,86)91-67-73(80)68-92-98(87,88)94-72-75(96-79(84)66-62-58-54-50-46-42-38-35-31-27-23-19-15-11-7-3)70-90-77(82)64-60-56-52-48-44-41-37-34-30-26-22-18-14-10-6-2/h22,26-27,31,33-34,36-37,73-75,80H,5-21,23-25,28-30,32,35,38-72H2,1-4H3,(H,85,86)(H,87,88)/b26-22-,31-27-,36-33-,37-34-/t73-,74+,75+/m0/s1. The molecule has 0 saturated heterocycles. The lowest BCUT2D eigenvalue weighted by atomic mass is 10.0. The number of aliphatic hydroxyl groups excluding tert-OH is 1. The molecule has 3 N–H and O–H groups in total. The number of phosphoric ester groups is 2. The van der Waals surface area contributed by atoms with Crippen LogP contribution in [0.15, 0.2) is 48.6 Å². The molecule has 5 atom stereocenters. The molecule has 98 heavy (non-hydrogen) atoms. The van der Waals surface area contributed by atoms with Crippen molar-refractivity contribution in [1.82, 2.24) is 0 Å². The number of carbonyl (C=O) groups excluding carboxylic acids is 4. The summed E-state index contributed by atoms with van der Waals surface area (Å²) < 4.78 is 68.6. The highest BCUT2D eigenvalue weighted by molar-refractivity contribution is 7.47. The number of ether oxygens (including phenoxy) is 4. The number of hydrogen-bond acceptors (Lipinski definition) is 15. The molecule has 19 heteroatoms. The summed E-state index contributed by atoms with van der Waals surface area (Å²) in [4.78, 5) is 72.9. The predicted octanol–water partition coefficient (Wildman–Crippen LogP) is 22.9. The maximum atomic E-state index is 13.1. The molecule has 0 heterocycles. The number of aliphatic hydroxyl groups is 1. The molecule has 0 amide bonds. The molecule has 0 saturated carbocycles. The van der Waals surface area contributed by atoms with Gasteiger partial charge in [0.15, 0.2) is 12.2 Å². The van der Waals surface area contributed by atoms with Crippen LogP contribution in [0.5, 0.6) is 0 Å². The van der Waals surface area contributed by atoms with Crippen LogP contribution < -0.4 is 0 Å². The summed E-state index contributed by atoms with van der Waals surface area (Å²) in [5, 5.41) is 10.6. The van der Waals surface area contributed by atoms with Crippen molar-refractivity contribution in [2.75, 3.05) is 39.6 Å². The van der Waals surface area contributed by atoms with Crippen molar-refractivity contribution in [2.24, 2.45) is 0 Å². The Balaban J connectivity index is 5.32. The van der Waals surface area contributed by atoms with Crippen molar-refractivity contribution < 1.29 is 80.2 Å². The van der Waals surface area contributed by atoms with Gasteiger partial charge in [0, 0.05) is 25.7 Å². The number of phosphoric acid groups is 2. The first kappa shape index (κ1) is 95.0. The summed E-state index contributed by atoms with van der Waals surface area (Å²) in [7, 11) is -9.94. The van der Waals surface area contributed by atoms with E-state index >= 15 is 0 Å². The second kappa shape index (κ2) is 72.4. The van der Waals surface area contributed by atoms with E-state index in [4.69, 9.17) is 37.0 Å². The Morgan fingerprint density at radius 3 is 0.796 bits per heavy atom. The van der Waals surface area contributed by atoms with Crippen molar-refractivity contribution >= 4 is 39.5 Å². The SMILES string of the molecule is CCCCC/C=C\C/C=C\CCCCCCCC(=O)OC[C@H](COP(=O)(O)OC[C@@H](O)COP(=O)(O)OC[C@@H](COC(=O)CCCCCCC/C=C\CCCCCCCC)OC(=O)CCCCCCCCCCCCCCC)OC(=O)CCCCCCCCC/C=C\CCCCCC. The molecule has 2 unspecified atom stereocenters. The predicted molar refractivity (Wildman–Crippen MR) is 400 cm³/mol. The number of esters is 4. The molecular formula is C79H146O17P2. The molecule has 0 bridgehead atoms. The van der Waals surface area contributed by atoms with E-state index in [1.807, 2.05) is 0 Å². The highest BCUT2D eigenvalue weighted by Crippen LogP contribution is 2.45. The second-order valence-electron chi connectivity index (χ2n) is 27.0. The largest absolute Gasteiger partial charge is 0.472 e. The molecule has 0 aliphatic heterocycles. The minimum Gasteiger partial charge on any atom is -0.462 e. The zero-order valence-corrected chi connectivity index (χ0v) is 64.5. The maximum absolute atomic E-state index is 13.1. The van der Waals surface area contributed by atoms with E-state index in [0.717, 1.165) is 161 Å². The van der Waals surface area contributed by atoms with E-state index in [9.17, 15) is 43.2 Å². The molecule has 0 aromatic heterocycles. The number of hydrogen-bond donors (Lipinski definition) is 3.